The van der Waals surface area contributed by atoms with E-state index in [4.69, 9.17) is 0 Å². The van der Waals surface area contributed by atoms with Crippen molar-refractivity contribution in [3.63, 3.8) is 0 Å². The minimum atomic E-state index is -1.10. The van der Waals surface area contributed by atoms with Gasteiger partial charge in [0.25, 0.3) is 0 Å². The van der Waals surface area contributed by atoms with Crippen molar-refractivity contribution in [2.45, 2.75) is 26.1 Å². The van der Waals surface area contributed by atoms with Crippen molar-refractivity contribution in [2.75, 3.05) is 11.9 Å². The van der Waals surface area contributed by atoms with Gasteiger partial charge in [0, 0.05) is 26.1 Å². The van der Waals surface area contributed by atoms with E-state index < -0.39 is 12.2 Å². The quantitative estimate of drug-likeness (QED) is 0.611. The van der Waals surface area contributed by atoms with Crippen LogP contribution in [-0.4, -0.2) is 34.7 Å². The van der Waals surface area contributed by atoms with Gasteiger partial charge in [0.1, 0.15) is 12.2 Å². The maximum Gasteiger partial charge on any atom is 0.221 e. The lowest BCUT2D eigenvalue weighted by atomic mass is 10.0. The predicted octanol–water partition coefficient (Wildman–Crippen LogP) is 0.175. The van der Waals surface area contributed by atoms with Crippen molar-refractivity contribution in [2.24, 2.45) is 0 Å². The third-order valence-electron chi connectivity index (χ3n) is 2.50. The highest BCUT2D eigenvalue weighted by atomic mass is 16.3. The number of carbonyl (C=O) groups is 2. The van der Waals surface area contributed by atoms with Gasteiger partial charge < -0.3 is 20.8 Å². The van der Waals surface area contributed by atoms with Gasteiger partial charge in [0.2, 0.25) is 11.8 Å². The van der Waals surface area contributed by atoms with Crippen molar-refractivity contribution in [3.05, 3.63) is 29.8 Å². The zero-order valence-electron chi connectivity index (χ0n) is 10.9. The Balaban J connectivity index is 2.63. The Morgan fingerprint density at radius 3 is 2.16 bits per heavy atom. The van der Waals surface area contributed by atoms with Gasteiger partial charge in [-0.3, -0.25) is 9.59 Å². The smallest absolute Gasteiger partial charge is 0.221 e. The molecule has 2 atom stereocenters. The molecule has 6 nitrogen and oxygen atoms in total. The lowest BCUT2D eigenvalue weighted by Gasteiger charge is -2.18. The van der Waals surface area contributed by atoms with Crippen molar-refractivity contribution in [3.8, 4) is 0 Å². The second-order valence-electron chi connectivity index (χ2n) is 4.25. The van der Waals surface area contributed by atoms with Crippen LogP contribution >= 0.6 is 0 Å². The van der Waals surface area contributed by atoms with E-state index in [0.717, 1.165) is 0 Å². The van der Waals surface area contributed by atoms with Gasteiger partial charge >= 0.3 is 0 Å². The molecule has 0 saturated carbocycles. The normalized spacial score (nSPS) is 13.5. The zero-order chi connectivity index (χ0) is 14.4. The minimum absolute atomic E-state index is 0.0239. The summed E-state index contributed by atoms with van der Waals surface area (Å²) in [6.45, 7) is 2.71. The highest BCUT2D eigenvalue weighted by Crippen LogP contribution is 2.19. The van der Waals surface area contributed by atoms with Crippen LogP contribution in [0.1, 0.15) is 25.5 Å². The lowest BCUT2D eigenvalue weighted by Crippen LogP contribution is -2.34. The fourth-order valence-corrected chi connectivity index (χ4v) is 1.55. The van der Waals surface area contributed by atoms with Gasteiger partial charge in [-0.05, 0) is 17.7 Å². The molecule has 6 heteroatoms. The molecule has 0 saturated heterocycles. The molecule has 19 heavy (non-hydrogen) atoms. The maximum absolute atomic E-state index is 10.8. The van der Waals surface area contributed by atoms with Gasteiger partial charge in [-0.1, -0.05) is 12.1 Å². The Kier molecular flexibility index (Phi) is 5.47. The highest BCUT2D eigenvalue weighted by molar-refractivity contribution is 5.88. The van der Waals surface area contributed by atoms with Gasteiger partial charge in [-0.25, -0.2) is 0 Å². The highest BCUT2D eigenvalue weighted by Gasteiger charge is 2.18. The molecule has 0 aliphatic carbocycles. The van der Waals surface area contributed by atoms with Crippen LogP contribution in [0.15, 0.2) is 24.3 Å². The molecule has 0 radical (unpaired) electrons. The van der Waals surface area contributed by atoms with Gasteiger partial charge in [0.15, 0.2) is 0 Å². The fourth-order valence-electron chi connectivity index (χ4n) is 1.55. The minimum Gasteiger partial charge on any atom is -0.388 e. The number of hydrogen-bond acceptors (Lipinski definition) is 4. The van der Waals surface area contributed by atoms with Crippen molar-refractivity contribution in [1.82, 2.24) is 5.32 Å². The number of benzene rings is 1. The summed E-state index contributed by atoms with van der Waals surface area (Å²) in [5, 5.41) is 24.6. The van der Waals surface area contributed by atoms with Crippen LogP contribution in [0, 0.1) is 0 Å². The maximum atomic E-state index is 10.8. The van der Waals surface area contributed by atoms with E-state index in [2.05, 4.69) is 10.6 Å². The molecule has 4 N–H and O–H groups in total. The third-order valence-corrected chi connectivity index (χ3v) is 2.50. The number of aliphatic hydroxyl groups excluding tert-OH is 2. The van der Waals surface area contributed by atoms with Gasteiger partial charge in [-0.15, -0.1) is 0 Å². The van der Waals surface area contributed by atoms with Gasteiger partial charge in [0.05, 0.1) is 0 Å². The van der Waals surface area contributed by atoms with E-state index in [9.17, 15) is 19.8 Å². The Labute approximate surface area is 111 Å². The Morgan fingerprint density at radius 1 is 1.11 bits per heavy atom. The molecule has 0 heterocycles. The molecule has 0 fully saturated rings. The first-order valence-corrected chi connectivity index (χ1v) is 5.88. The summed E-state index contributed by atoms with van der Waals surface area (Å²) in [6.07, 6.45) is -2.19. The summed E-state index contributed by atoms with van der Waals surface area (Å²) in [7, 11) is 0. The molecule has 0 spiro atoms. The van der Waals surface area contributed by atoms with E-state index in [1.54, 1.807) is 24.3 Å². The first kappa shape index (κ1) is 15.1. The molecule has 0 aliphatic heterocycles. The molecule has 0 aromatic heterocycles. The second-order valence-corrected chi connectivity index (χ2v) is 4.25. The molecule has 0 aliphatic rings. The number of carbonyl (C=O) groups excluding carboxylic acids is 2. The Hall–Kier alpha value is -1.92. The van der Waals surface area contributed by atoms with Crippen molar-refractivity contribution >= 4 is 17.5 Å². The van der Waals surface area contributed by atoms with Crippen LogP contribution in [0.4, 0.5) is 5.69 Å². The monoisotopic (exact) mass is 266 g/mol. The number of anilines is 1. The van der Waals surface area contributed by atoms with E-state index >= 15 is 0 Å². The van der Waals surface area contributed by atoms with E-state index in [0.29, 0.717) is 11.3 Å². The van der Waals surface area contributed by atoms with E-state index in [1.807, 2.05) is 0 Å². The first-order chi connectivity index (χ1) is 8.90. The second kappa shape index (κ2) is 6.86. The number of amides is 2. The van der Waals surface area contributed by atoms with Crippen molar-refractivity contribution in [1.29, 1.82) is 0 Å². The lowest BCUT2D eigenvalue weighted by molar-refractivity contribution is -0.119. The van der Waals surface area contributed by atoms with E-state index in [-0.39, 0.29) is 18.4 Å². The number of hydrogen-bond donors (Lipinski definition) is 4. The molecule has 0 bridgehead atoms. The predicted molar refractivity (Wildman–Crippen MR) is 70.4 cm³/mol. The summed E-state index contributed by atoms with van der Waals surface area (Å²) < 4.78 is 0. The third kappa shape index (κ3) is 5.07. The summed E-state index contributed by atoms with van der Waals surface area (Å²) >= 11 is 0. The number of rotatable bonds is 5. The van der Waals surface area contributed by atoms with Crippen LogP contribution < -0.4 is 10.6 Å². The molecule has 2 unspecified atom stereocenters. The Bertz CT molecular complexity index is 444. The number of aliphatic hydroxyl groups is 2. The van der Waals surface area contributed by atoms with Crippen molar-refractivity contribution < 1.29 is 19.8 Å². The average Bonchev–Trinajstić information content (AvgIpc) is 2.35. The molecular formula is C13H18N2O4. The van der Waals surface area contributed by atoms with E-state index in [1.165, 1.54) is 13.8 Å². The van der Waals surface area contributed by atoms with Gasteiger partial charge in [-0.2, -0.15) is 0 Å². The molecule has 2 amide bonds. The summed E-state index contributed by atoms with van der Waals surface area (Å²) in [5.74, 6) is -0.453. The summed E-state index contributed by atoms with van der Waals surface area (Å²) in [5.41, 5.74) is 1.12. The summed E-state index contributed by atoms with van der Waals surface area (Å²) in [6, 6.07) is 6.47. The van der Waals surface area contributed by atoms with Crippen LogP contribution in [0.3, 0.4) is 0 Å². The molecule has 1 aromatic rings. The van der Waals surface area contributed by atoms with Crippen LogP contribution in [0.25, 0.3) is 0 Å². The topological polar surface area (TPSA) is 98.7 Å². The first-order valence-electron chi connectivity index (χ1n) is 5.88. The SMILES string of the molecule is CC(=O)NCC(O)C(O)c1ccc(NC(C)=O)cc1. The average molecular weight is 266 g/mol. The number of nitrogens with one attached hydrogen (secondary N) is 2. The molecule has 1 rings (SSSR count). The molecule has 1 aromatic carbocycles. The largest absolute Gasteiger partial charge is 0.388 e. The molecule has 104 valence electrons. The summed E-state index contributed by atoms with van der Waals surface area (Å²) in [4.78, 5) is 21.6. The fraction of sp³-hybridized carbons (Fsp3) is 0.385. The Morgan fingerprint density at radius 2 is 1.68 bits per heavy atom. The van der Waals surface area contributed by atoms with Crippen LogP contribution in [0.2, 0.25) is 0 Å². The molecular weight excluding hydrogens is 248 g/mol. The van der Waals surface area contributed by atoms with Crippen LogP contribution in [-0.2, 0) is 9.59 Å². The van der Waals surface area contributed by atoms with Crippen LogP contribution in [0.5, 0.6) is 0 Å². The zero-order valence-corrected chi connectivity index (χ0v) is 10.9. The standard InChI is InChI=1S/C13H18N2O4/c1-8(16)14-7-12(18)13(19)10-3-5-11(6-4-10)15-9(2)17/h3-6,12-13,18-19H,7H2,1-2H3,(H,14,16)(H,15,17).